The fourth-order valence-corrected chi connectivity index (χ4v) is 1.40. The molecule has 0 aliphatic rings. The Morgan fingerprint density at radius 1 is 1.64 bits per heavy atom. The first-order valence-corrected chi connectivity index (χ1v) is 4.50. The molecule has 3 N–H and O–H groups in total. The second-order valence-corrected chi connectivity index (χ2v) is 3.63. The molecule has 0 aliphatic heterocycles. The van der Waals surface area contributed by atoms with Crippen molar-refractivity contribution in [2.24, 2.45) is 5.73 Å². The highest BCUT2D eigenvalue weighted by Crippen LogP contribution is 2.26. The van der Waals surface area contributed by atoms with E-state index < -0.39 is 5.54 Å². The predicted octanol–water partition coefficient (Wildman–Crippen LogP) is 0.910. The first kappa shape index (κ1) is 11.2. The lowest BCUT2D eigenvalue weighted by atomic mass is 9.96. The van der Waals surface area contributed by atoms with Gasteiger partial charge in [0.2, 0.25) is 5.88 Å². The van der Waals surface area contributed by atoms with E-state index in [0.29, 0.717) is 11.4 Å². The van der Waals surface area contributed by atoms with Gasteiger partial charge in [0.15, 0.2) is 0 Å². The number of aromatic nitrogens is 1. The Morgan fingerprint density at radius 3 is 2.71 bits per heavy atom. The summed E-state index contributed by atoms with van der Waals surface area (Å²) in [7, 11) is 1.51. The number of nitrogens with two attached hydrogens (primary N) is 1. The molecule has 0 saturated heterocycles. The van der Waals surface area contributed by atoms with Gasteiger partial charge in [-0.25, -0.2) is 4.98 Å². The predicted molar refractivity (Wildman–Crippen MR) is 54.4 cm³/mol. The summed E-state index contributed by atoms with van der Waals surface area (Å²) < 4.78 is 4.90. The van der Waals surface area contributed by atoms with Crippen LogP contribution in [0.25, 0.3) is 0 Å². The number of hydrogen-bond acceptors (Lipinski definition) is 4. The van der Waals surface area contributed by atoms with Crippen molar-refractivity contribution >= 4 is 11.6 Å². The van der Waals surface area contributed by atoms with Crippen molar-refractivity contribution in [2.75, 3.05) is 13.7 Å². The van der Waals surface area contributed by atoms with Crippen LogP contribution in [0.15, 0.2) is 12.1 Å². The molecule has 0 radical (unpaired) electrons. The lowest BCUT2D eigenvalue weighted by Crippen LogP contribution is -2.37. The first-order valence-electron chi connectivity index (χ1n) is 4.12. The molecule has 0 amide bonds. The van der Waals surface area contributed by atoms with Crippen LogP contribution in [0.3, 0.4) is 0 Å². The fraction of sp³-hybridized carbons (Fsp3) is 0.444. The number of ether oxygens (including phenoxy) is 1. The van der Waals surface area contributed by atoms with Gasteiger partial charge in [0.25, 0.3) is 0 Å². The van der Waals surface area contributed by atoms with E-state index in [1.807, 2.05) is 0 Å². The second kappa shape index (κ2) is 4.13. The van der Waals surface area contributed by atoms with Crippen molar-refractivity contribution in [2.45, 2.75) is 12.5 Å². The average Bonchev–Trinajstić information content (AvgIpc) is 2.17. The topological polar surface area (TPSA) is 68.4 Å². The third kappa shape index (κ3) is 2.15. The van der Waals surface area contributed by atoms with Gasteiger partial charge in [0, 0.05) is 11.6 Å². The van der Waals surface area contributed by atoms with E-state index in [0.717, 1.165) is 0 Å². The van der Waals surface area contributed by atoms with Crippen LogP contribution in [0, 0.1) is 0 Å². The summed E-state index contributed by atoms with van der Waals surface area (Å²) in [5, 5.41) is 9.31. The molecule has 78 valence electrons. The van der Waals surface area contributed by atoms with Gasteiger partial charge in [0.05, 0.1) is 19.3 Å². The van der Waals surface area contributed by atoms with Crippen LogP contribution in [0.4, 0.5) is 0 Å². The van der Waals surface area contributed by atoms with Gasteiger partial charge in [0.1, 0.15) is 5.15 Å². The van der Waals surface area contributed by atoms with Gasteiger partial charge in [-0.2, -0.15) is 0 Å². The number of aliphatic hydroxyl groups excluding tert-OH is 1. The molecule has 1 aromatic heterocycles. The van der Waals surface area contributed by atoms with Crippen molar-refractivity contribution < 1.29 is 9.84 Å². The maximum atomic E-state index is 9.06. The Kier molecular flexibility index (Phi) is 3.31. The Hall–Kier alpha value is -0.840. The number of pyridine rings is 1. The fourth-order valence-electron chi connectivity index (χ4n) is 1.04. The average molecular weight is 217 g/mol. The molecular formula is C9H13ClN2O2. The Morgan fingerprint density at radius 2 is 2.29 bits per heavy atom. The number of hydrogen-bond donors (Lipinski definition) is 2. The molecule has 0 aromatic carbocycles. The summed E-state index contributed by atoms with van der Waals surface area (Å²) in [6, 6.07) is 3.35. The molecule has 1 heterocycles. The molecular weight excluding hydrogens is 204 g/mol. The van der Waals surface area contributed by atoms with Gasteiger partial charge >= 0.3 is 0 Å². The summed E-state index contributed by atoms with van der Waals surface area (Å²) in [5.74, 6) is 0.424. The van der Waals surface area contributed by atoms with E-state index in [9.17, 15) is 0 Å². The number of methoxy groups -OCH3 is 1. The van der Waals surface area contributed by atoms with E-state index in [1.165, 1.54) is 7.11 Å². The highest BCUT2D eigenvalue weighted by atomic mass is 35.5. The molecule has 0 aliphatic carbocycles. The molecule has 5 heteroatoms. The van der Waals surface area contributed by atoms with E-state index in [2.05, 4.69) is 4.98 Å². The van der Waals surface area contributed by atoms with Gasteiger partial charge in [-0.05, 0) is 13.0 Å². The van der Waals surface area contributed by atoms with Crippen LogP contribution >= 0.6 is 11.6 Å². The van der Waals surface area contributed by atoms with Crippen molar-refractivity contribution in [1.29, 1.82) is 0 Å². The van der Waals surface area contributed by atoms with E-state index in [-0.39, 0.29) is 11.8 Å². The zero-order valence-electron chi connectivity index (χ0n) is 8.12. The van der Waals surface area contributed by atoms with Gasteiger partial charge < -0.3 is 15.6 Å². The molecule has 1 atom stereocenters. The van der Waals surface area contributed by atoms with Crippen LogP contribution in [0.5, 0.6) is 5.88 Å². The minimum atomic E-state index is -0.879. The van der Waals surface area contributed by atoms with Crippen LogP contribution in [0.1, 0.15) is 12.5 Å². The van der Waals surface area contributed by atoms with Crippen LogP contribution in [-0.4, -0.2) is 23.8 Å². The van der Waals surface area contributed by atoms with Crippen LogP contribution in [0.2, 0.25) is 5.15 Å². The quantitative estimate of drug-likeness (QED) is 0.737. The Balaban J connectivity index is 3.12. The zero-order valence-corrected chi connectivity index (χ0v) is 8.88. The van der Waals surface area contributed by atoms with Crippen LogP contribution < -0.4 is 10.5 Å². The Labute approximate surface area is 87.7 Å². The summed E-state index contributed by atoms with van der Waals surface area (Å²) in [4.78, 5) is 3.96. The zero-order chi connectivity index (χ0) is 10.8. The SMILES string of the molecule is COc1ccc([C@](C)(N)CO)c(Cl)n1. The monoisotopic (exact) mass is 216 g/mol. The van der Waals surface area contributed by atoms with Crippen molar-refractivity contribution in [3.05, 3.63) is 22.8 Å². The van der Waals surface area contributed by atoms with Crippen molar-refractivity contribution in [1.82, 2.24) is 4.98 Å². The largest absolute Gasteiger partial charge is 0.481 e. The normalized spacial score (nSPS) is 14.9. The van der Waals surface area contributed by atoms with Gasteiger partial charge in [-0.1, -0.05) is 11.6 Å². The summed E-state index contributed by atoms with van der Waals surface area (Å²) in [6.07, 6.45) is 0. The molecule has 1 aromatic rings. The van der Waals surface area contributed by atoms with Gasteiger partial charge in [-0.15, -0.1) is 0 Å². The summed E-state index contributed by atoms with van der Waals surface area (Å²) in [5.41, 5.74) is 5.54. The molecule has 0 unspecified atom stereocenters. The van der Waals surface area contributed by atoms with E-state index in [4.69, 9.17) is 27.2 Å². The van der Waals surface area contributed by atoms with Gasteiger partial charge in [-0.3, -0.25) is 0 Å². The Bertz CT molecular complexity index is 329. The maximum Gasteiger partial charge on any atom is 0.214 e. The summed E-state index contributed by atoms with van der Waals surface area (Å²) >= 11 is 5.89. The summed E-state index contributed by atoms with van der Waals surface area (Å²) in [6.45, 7) is 1.49. The maximum absolute atomic E-state index is 9.06. The minimum Gasteiger partial charge on any atom is -0.481 e. The molecule has 0 saturated carbocycles. The molecule has 14 heavy (non-hydrogen) atoms. The van der Waals surface area contributed by atoms with Crippen molar-refractivity contribution in [3.63, 3.8) is 0 Å². The number of nitrogens with zero attached hydrogens (tertiary/aromatic N) is 1. The second-order valence-electron chi connectivity index (χ2n) is 3.27. The number of halogens is 1. The van der Waals surface area contributed by atoms with E-state index in [1.54, 1.807) is 19.1 Å². The molecule has 1 rings (SSSR count). The van der Waals surface area contributed by atoms with Crippen LogP contribution in [-0.2, 0) is 5.54 Å². The standard InChI is InChI=1S/C9H13ClN2O2/c1-9(11,5-13)6-3-4-7(14-2)12-8(6)10/h3-4,13H,5,11H2,1-2H3/t9-/m1/s1. The first-order chi connectivity index (χ1) is 6.51. The number of rotatable bonds is 3. The highest BCUT2D eigenvalue weighted by molar-refractivity contribution is 6.30. The van der Waals surface area contributed by atoms with E-state index >= 15 is 0 Å². The smallest absolute Gasteiger partial charge is 0.214 e. The third-order valence-corrected chi connectivity index (χ3v) is 2.26. The number of aliphatic hydroxyl groups is 1. The molecule has 0 bridgehead atoms. The minimum absolute atomic E-state index is 0.194. The third-order valence-electron chi connectivity index (χ3n) is 1.98. The van der Waals surface area contributed by atoms with Crippen molar-refractivity contribution in [3.8, 4) is 5.88 Å². The molecule has 0 spiro atoms. The molecule has 4 nitrogen and oxygen atoms in total. The lowest BCUT2D eigenvalue weighted by molar-refractivity contribution is 0.209. The lowest BCUT2D eigenvalue weighted by Gasteiger charge is -2.22. The molecule has 0 fully saturated rings. The highest BCUT2D eigenvalue weighted by Gasteiger charge is 2.23.